The molecule has 1 N–H and O–H groups in total. The summed E-state index contributed by atoms with van der Waals surface area (Å²) in [6, 6.07) is 6.49. The molecule has 0 spiro atoms. The van der Waals surface area contributed by atoms with Crippen molar-refractivity contribution in [2.24, 2.45) is 0 Å². The minimum Gasteiger partial charge on any atom is -0.466 e. The minimum absolute atomic E-state index is 0.0593. The van der Waals surface area contributed by atoms with E-state index in [4.69, 9.17) is 4.74 Å². The fourth-order valence-corrected chi connectivity index (χ4v) is 1.70. The number of hydrogen-bond donors (Lipinski definition) is 1. The molecule has 20 heavy (non-hydrogen) atoms. The third kappa shape index (κ3) is 2.51. The fourth-order valence-electron chi connectivity index (χ4n) is 1.70. The molecule has 0 aliphatic carbocycles. The molecule has 1 heterocycles. The van der Waals surface area contributed by atoms with Crippen molar-refractivity contribution in [3.8, 4) is 0 Å². The number of fused-ring (bicyclic) bond motifs is 1. The molecule has 0 fully saturated rings. The lowest BCUT2D eigenvalue weighted by molar-refractivity contribution is -0.149. The second kappa shape index (κ2) is 5.52. The first-order chi connectivity index (χ1) is 9.54. The molecule has 7 heteroatoms. The van der Waals surface area contributed by atoms with Gasteiger partial charge in [0.05, 0.1) is 12.5 Å². The largest absolute Gasteiger partial charge is 0.466 e. The van der Waals surface area contributed by atoms with E-state index in [9.17, 15) is 14.4 Å². The lowest BCUT2D eigenvalue weighted by Crippen LogP contribution is -2.26. The first-order valence-electron chi connectivity index (χ1n) is 5.81. The summed E-state index contributed by atoms with van der Waals surface area (Å²) in [6.45, 7) is 1.39. The van der Waals surface area contributed by atoms with Crippen LogP contribution in [0.3, 0.4) is 0 Å². The van der Waals surface area contributed by atoms with Gasteiger partial charge >= 0.3 is 11.9 Å². The summed E-state index contributed by atoms with van der Waals surface area (Å²) < 4.78 is 9.40. The number of carbonyl (C=O) groups excluding carboxylic acids is 2. The summed E-state index contributed by atoms with van der Waals surface area (Å²) >= 11 is 0. The van der Waals surface area contributed by atoms with Crippen LogP contribution in [0.5, 0.6) is 0 Å². The van der Waals surface area contributed by atoms with Crippen LogP contribution in [0.25, 0.3) is 10.8 Å². The van der Waals surface area contributed by atoms with Crippen molar-refractivity contribution < 1.29 is 19.1 Å². The van der Waals surface area contributed by atoms with Crippen molar-refractivity contribution in [1.82, 2.24) is 10.2 Å². The standard InChI is InChI=1S/C13H12N2O5/c1-7(12(17)19-2)20-13(18)10-8-5-3-4-6-9(8)11(16)15-14-10/h3-7H,1-2H3,(H,15,16)/t7-/m0/s1. The number of esters is 2. The summed E-state index contributed by atoms with van der Waals surface area (Å²) in [5.74, 6) is -1.48. The zero-order valence-corrected chi connectivity index (χ0v) is 10.9. The highest BCUT2D eigenvalue weighted by molar-refractivity contribution is 6.02. The molecular formula is C13H12N2O5. The Morgan fingerprint density at radius 1 is 1.25 bits per heavy atom. The second-order valence-electron chi connectivity index (χ2n) is 4.02. The lowest BCUT2D eigenvalue weighted by Gasteiger charge is -2.11. The van der Waals surface area contributed by atoms with Crippen LogP contribution in [0.1, 0.15) is 17.4 Å². The monoisotopic (exact) mass is 276 g/mol. The van der Waals surface area contributed by atoms with E-state index < -0.39 is 23.6 Å². The maximum Gasteiger partial charge on any atom is 0.360 e. The molecular weight excluding hydrogens is 264 g/mol. The summed E-state index contributed by atoms with van der Waals surface area (Å²) in [7, 11) is 1.19. The molecule has 2 aromatic rings. The van der Waals surface area contributed by atoms with Crippen LogP contribution in [0.4, 0.5) is 0 Å². The molecule has 1 aromatic heterocycles. The van der Waals surface area contributed by atoms with Crippen molar-refractivity contribution in [3.05, 3.63) is 40.3 Å². The molecule has 7 nitrogen and oxygen atoms in total. The van der Waals surface area contributed by atoms with E-state index in [1.54, 1.807) is 24.3 Å². The van der Waals surface area contributed by atoms with Crippen LogP contribution in [0.2, 0.25) is 0 Å². The van der Waals surface area contributed by atoms with Crippen LogP contribution >= 0.6 is 0 Å². The normalized spacial score (nSPS) is 11.9. The third-order valence-corrected chi connectivity index (χ3v) is 2.71. The first-order valence-corrected chi connectivity index (χ1v) is 5.81. The number of nitrogens with zero attached hydrogens (tertiary/aromatic N) is 1. The molecule has 0 aliphatic heterocycles. The predicted molar refractivity (Wildman–Crippen MR) is 69.3 cm³/mol. The third-order valence-electron chi connectivity index (χ3n) is 2.71. The van der Waals surface area contributed by atoms with E-state index in [0.29, 0.717) is 10.8 Å². The summed E-state index contributed by atoms with van der Waals surface area (Å²) in [4.78, 5) is 34.8. The Balaban J connectivity index is 2.39. The van der Waals surface area contributed by atoms with Gasteiger partial charge in [0.15, 0.2) is 11.8 Å². The number of H-pyrrole nitrogens is 1. The number of nitrogens with one attached hydrogen (secondary N) is 1. The molecule has 0 saturated heterocycles. The van der Waals surface area contributed by atoms with E-state index in [1.165, 1.54) is 14.0 Å². The highest BCUT2D eigenvalue weighted by atomic mass is 16.6. The van der Waals surface area contributed by atoms with Gasteiger partial charge in [-0.1, -0.05) is 18.2 Å². The number of aromatic amines is 1. The van der Waals surface area contributed by atoms with Gasteiger partial charge in [0, 0.05) is 5.39 Å². The van der Waals surface area contributed by atoms with Crippen LogP contribution in [-0.2, 0) is 14.3 Å². The molecule has 104 valence electrons. The van der Waals surface area contributed by atoms with E-state index in [-0.39, 0.29) is 5.69 Å². The zero-order valence-electron chi connectivity index (χ0n) is 10.9. The summed E-state index contributed by atoms with van der Waals surface area (Å²) in [5, 5.41) is 6.58. The Morgan fingerprint density at radius 3 is 2.55 bits per heavy atom. The molecule has 1 aromatic carbocycles. The Labute approximate surface area is 113 Å². The van der Waals surface area contributed by atoms with E-state index in [1.807, 2.05) is 0 Å². The van der Waals surface area contributed by atoms with E-state index >= 15 is 0 Å². The van der Waals surface area contributed by atoms with Gasteiger partial charge < -0.3 is 9.47 Å². The van der Waals surface area contributed by atoms with Crippen LogP contribution in [0, 0.1) is 0 Å². The molecule has 0 unspecified atom stereocenters. The van der Waals surface area contributed by atoms with Crippen molar-refractivity contribution in [2.75, 3.05) is 7.11 Å². The Hall–Kier alpha value is -2.70. The highest BCUT2D eigenvalue weighted by Crippen LogP contribution is 2.14. The van der Waals surface area contributed by atoms with Crippen LogP contribution in [0.15, 0.2) is 29.1 Å². The van der Waals surface area contributed by atoms with E-state index in [2.05, 4.69) is 14.9 Å². The van der Waals surface area contributed by atoms with Crippen LogP contribution < -0.4 is 5.56 Å². The topological polar surface area (TPSA) is 98.3 Å². The number of ether oxygens (including phenoxy) is 2. The first kappa shape index (κ1) is 13.7. The average Bonchev–Trinajstić information content (AvgIpc) is 2.46. The van der Waals surface area contributed by atoms with Crippen molar-refractivity contribution in [2.45, 2.75) is 13.0 Å². The number of benzene rings is 1. The van der Waals surface area contributed by atoms with E-state index in [0.717, 1.165) is 0 Å². The van der Waals surface area contributed by atoms with Crippen LogP contribution in [-0.4, -0.2) is 35.3 Å². The van der Waals surface area contributed by atoms with Gasteiger partial charge in [-0.25, -0.2) is 14.7 Å². The van der Waals surface area contributed by atoms with Gasteiger partial charge in [-0.05, 0) is 13.0 Å². The van der Waals surface area contributed by atoms with Gasteiger partial charge in [0.25, 0.3) is 5.56 Å². The smallest absolute Gasteiger partial charge is 0.360 e. The second-order valence-corrected chi connectivity index (χ2v) is 4.02. The number of hydrogen-bond acceptors (Lipinski definition) is 6. The van der Waals surface area contributed by atoms with Gasteiger partial charge in [0.1, 0.15) is 0 Å². The van der Waals surface area contributed by atoms with Gasteiger partial charge in [-0.2, -0.15) is 5.10 Å². The Bertz CT molecular complexity index is 722. The average molecular weight is 276 g/mol. The SMILES string of the molecule is COC(=O)[C@H](C)OC(=O)c1n[nH]c(=O)c2ccccc12. The number of carbonyl (C=O) groups is 2. The Kier molecular flexibility index (Phi) is 3.79. The van der Waals surface area contributed by atoms with Gasteiger partial charge in [0.2, 0.25) is 0 Å². The molecule has 2 rings (SSSR count). The molecule has 0 saturated carbocycles. The molecule has 0 radical (unpaired) electrons. The number of methoxy groups -OCH3 is 1. The molecule has 0 aliphatic rings. The quantitative estimate of drug-likeness (QED) is 0.826. The predicted octanol–water partition coefficient (Wildman–Crippen LogP) is 0.641. The number of rotatable bonds is 3. The minimum atomic E-state index is -1.06. The maximum atomic E-state index is 12.0. The maximum absolute atomic E-state index is 12.0. The highest BCUT2D eigenvalue weighted by Gasteiger charge is 2.22. The van der Waals surface area contributed by atoms with Crippen molar-refractivity contribution in [1.29, 1.82) is 0 Å². The van der Waals surface area contributed by atoms with Crippen molar-refractivity contribution in [3.63, 3.8) is 0 Å². The number of aromatic nitrogens is 2. The Morgan fingerprint density at radius 2 is 1.90 bits per heavy atom. The fraction of sp³-hybridized carbons (Fsp3) is 0.231. The summed E-state index contributed by atoms with van der Waals surface area (Å²) in [6.07, 6.45) is -1.06. The zero-order chi connectivity index (χ0) is 14.7. The van der Waals surface area contributed by atoms with Gasteiger partial charge in [-0.15, -0.1) is 0 Å². The molecule has 1 atom stereocenters. The molecule has 0 amide bonds. The summed E-state index contributed by atoms with van der Waals surface area (Å²) in [5.41, 5.74) is -0.464. The van der Waals surface area contributed by atoms with Gasteiger partial charge in [-0.3, -0.25) is 4.79 Å². The lowest BCUT2D eigenvalue weighted by atomic mass is 10.1. The van der Waals surface area contributed by atoms with Crippen molar-refractivity contribution >= 4 is 22.7 Å². The molecule has 0 bridgehead atoms.